The summed E-state index contributed by atoms with van der Waals surface area (Å²) in [5.41, 5.74) is 6.53. The Kier molecular flexibility index (Phi) is 6.65. The molecular weight excluding hydrogens is 222 g/mol. The monoisotopic (exact) mass is 255 g/mol. The fourth-order valence-corrected chi connectivity index (χ4v) is 3.60. The zero-order valence-electron chi connectivity index (χ0n) is 12.9. The summed E-state index contributed by atoms with van der Waals surface area (Å²) in [6.07, 6.45) is 8.53. The topological polar surface area (TPSA) is 35.2 Å². The molecule has 3 atom stereocenters. The predicted molar refractivity (Wildman–Crippen MR) is 78.7 cm³/mol. The molecule has 1 aliphatic carbocycles. The first kappa shape index (κ1) is 16.0. The van der Waals surface area contributed by atoms with Crippen molar-refractivity contribution in [3.8, 4) is 0 Å². The first-order valence-corrected chi connectivity index (χ1v) is 7.97. The van der Waals surface area contributed by atoms with Gasteiger partial charge >= 0.3 is 0 Å². The van der Waals surface area contributed by atoms with Crippen LogP contribution in [0.1, 0.15) is 72.6 Å². The molecule has 3 unspecified atom stereocenters. The van der Waals surface area contributed by atoms with Gasteiger partial charge in [0, 0.05) is 12.6 Å². The van der Waals surface area contributed by atoms with Gasteiger partial charge in [-0.15, -0.1) is 0 Å². The molecule has 1 rings (SSSR count). The van der Waals surface area contributed by atoms with Crippen molar-refractivity contribution in [2.45, 2.75) is 84.3 Å². The summed E-state index contributed by atoms with van der Waals surface area (Å²) in [7, 11) is 0. The van der Waals surface area contributed by atoms with E-state index in [0.717, 1.165) is 37.7 Å². The van der Waals surface area contributed by atoms with Crippen molar-refractivity contribution in [3.05, 3.63) is 0 Å². The summed E-state index contributed by atoms with van der Waals surface area (Å²) < 4.78 is 6.17. The van der Waals surface area contributed by atoms with Crippen LogP contribution in [-0.2, 0) is 4.74 Å². The van der Waals surface area contributed by atoms with Crippen LogP contribution in [0, 0.1) is 11.8 Å². The van der Waals surface area contributed by atoms with E-state index in [2.05, 4.69) is 27.7 Å². The lowest BCUT2D eigenvalue weighted by molar-refractivity contribution is -0.0965. The van der Waals surface area contributed by atoms with E-state index in [9.17, 15) is 0 Å². The van der Waals surface area contributed by atoms with Gasteiger partial charge in [0.1, 0.15) is 0 Å². The summed E-state index contributed by atoms with van der Waals surface area (Å²) in [5, 5.41) is 0. The van der Waals surface area contributed by atoms with Gasteiger partial charge < -0.3 is 10.5 Å². The van der Waals surface area contributed by atoms with Gasteiger partial charge in [0.2, 0.25) is 0 Å². The van der Waals surface area contributed by atoms with E-state index >= 15 is 0 Å². The molecule has 1 aliphatic rings. The minimum absolute atomic E-state index is 0.0327. The zero-order valence-corrected chi connectivity index (χ0v) is 12.9. The van der Waals surface area contributed by atoms with Gasteiger partial charge in [-0.05, 0) is 38.0 Å². The lowest BCUT2D eigenvalue weighted by Gasteiger charge is -2.44. The van der Waals surface area contributed by atoms with Gasteiger partial charge in [-0.25, -0.2) is 0 Å². The Morgan fingerprint density at radius 3 is 2.44 bits per heavy atom. The van der Waals surface area contributed by atoms with E-state index < -0.39 is 0 Å². The average molecular weight is 255 g/mol. The van der Waals surface area contributed by atoms with Gasteiger partial charge in [-0.2, -0.15) is 0 Å². The van der Waals surface area contributed by atoms with Gasteiger partial charge in [-0.1, -0.05) is 46.5 Å². The predicted octanol–water partition coefficient (Wildman–Crippen LogP) is 4.13. The number of hydrogen-bond donors (Lipinski definition) is 1. The minimum Gasteiger partial charge on any atom is -0.374 e. The Morgan fingerprint density at radius 1 is 1.28 bits per heavy atom. The normalized spacial score (nSPS) is 30.7. The van der Waals surface area contributed by atoms with Crippen LogP contribution < -0.4 is 5.73 Å². The third-order valence-corrected chi connectivity index (χ3v) is 4.84. The van der Waals surface area contributed by atoms with E-state index in [0.29, 0.717) is 0 Å². The average Bonchev–Trinajstić information content (AvgIpc) is 2.36. The van der Waals surface area contributed by atoms with Crippen LogP contribution >= 0.6 is 0 Å². The smallest absolute Gasteiger partial charge is 0.0835 e. The van der Waals surface area contributed by atoms with Crippen molar-refractivity contribution < 1.29 is 4.74 Å². The molecule has 18 heavy (non-hydrogen) atoms. The molecule has 0 aromatic heterocycles. The summed E-state index contributed by atoms with van der Waals surface area (Å²) in [6.45, 7) is 9.79. The second-order valence-corrected chi connectivity index (χ2v) is 6.22. The van der Waals surface area contributed by atoms with E-state index in [4.69, 9.17) is 10.5 Å². The Morgan fingerprint density at radius 2 is 1.94 bits per heavy atom. The van der Waals surface area contributed by atoms with Crippen LogP contribution in [-0.4, -0.2) is 18.2 Å². The molecule has 0 radical (unpaired) electrons. The Balaban J connectivity index is 2.69. The van der Waals surface area contributed by atoms with Crippen molar-refractivity contribution in [1.82, 2.24) is 0 Å². The molecular formula is C16H33NO. The standard InChI is InChI=1S/C16H33NO/c1-5-14(6-2)11-15(17)16(18-7-3)10-8-9-13(4)12-16/h13-15H,5-12,17H2,1-4H3. The fraction of sp³-hybridized carbons (Fsp3) is 1.00. The maximum atomic E-state index is 6.56. The van der Waals surface area contributed by atoms with Gasteiger partial charge in [0.05, 0.1) is 5.60 Å². The first-order chi connectivity index (χ1) is 8.57. The van der Waals surface area contributed by atoms with E-state index in [-0.39, 0.29) is 11.6 Å². The molecule has 0 amide bonds. The number of rotatable bonds is 7. The zero-order chi connectivity index (χ0) is 13.6. The molecule has 0 spiro atoms. The first-order valence-electron chi connectivity index (χ1n) is 7.97. The lowest BCUT2D eigenvalue weighted by atomic mass is 9.72. The molecule has 1 saturated carbocycles. The van der Waals surface area contributed by atoms with Crippen LogP contribution in [0.4, 0.5) is 0 Å². The second-order valence-electron chi connectivity index (χ2n) is 6.22. The van der Waals surface area contributed by atoms with Crippen LogP contribution in [0.15, 0.2) is 0 Å². The van der Waals surface area contributed by atoms with Crippen molar-refractivity contribution >= 4 is 0 Å². The maximum absolute atomic E-state index is 6.56. The van der Waals surface area contributed by atoms with Crippen LogP contribution in [0.5, 0.6) is 0 Å². The molecule has 0 saturated heterocycles. The molecule has 0 aliphatic heterocycles. The highest BCUT2D eigenvalue weighted by Gasteiger charge is 2.41. The Labute approximate surface area is 114 Å². The van der Waals surface area contributed by atoms with Crippen molar-refractivity contribution in [3.63, 3.8) is 0 Å². The highest BCUT2D eigenvalue weighted by Crippen LogP contribution is 2.39. The lowest BCUT2D eigenvalue weighted by Crippen LogP contribution is -2.53. The van der Waals surface area contributed by atoms with Crippen LogP contribution in [0.25, 0.3) is 0 Å². The van der Waals surface area contributed by atoms with Crippen molar-refractivity contribution in [2.75, 3.05) is 6.61 Å². The molecule has 0 aromatic carbocycles. The Hall–Kier alpha value is -0.0800. The van der Waals surface area contributed by atoms with Gasteiger partial charge in [0.15, 0.2) is 0 Å². The van der Waals surface area contributed by atoms with Gasteiger partial charge in [-0.3, -0.25) is 0 Å². The fourth-order valence-electron chi connectivity index (χ4n) is 3.60. The quantitative estimate of drug-likeness (QED) is 0.742. The minimum atomic E-state index is -0.0327. The second kappa shape index (κ2) is 7.49. The largest absolute Gasteiger partial charge is 0.374 e. The summed E-state index contributed by atoms with van der Waals surface area (Å²) in [5.74, 6) is 1.52. The molecule has 2 nitrogen and oxygen atoms in total. The third kappa shape index (κ3) is 3.96. The van der Waals surface area contributed by atoms with E-state index in [1.807, 2.05) is 0 Å². The third-order valence-electron chi connectivity index (χ3n) is 4.84. The molecule has 0 bridgehead atoms. The number of nitrogens with two attached hydrogens (primary N) is 1. The number of hydrogen-bond acceptors (Lipinski definition) is 2. The van der Waals surface area contributed by atoms with Crippen LogP contribution in [0.2, 0.25) is 0 Å². The van der Waals surface area contributed by atoms with Crippen molar-refractivity contribution in [1.29, 1.82) is 0 Å². The summed E-state index contributed by atoms with van der Waals surface area (Å²) >= 11 is 0. The van der Waals surface area contributed by atoms with Gasteiger partial charge in [0.25, 0.3) is 0 Å². The Bertz CT molecular complexity index is 223. The van der Waals surface area contributed by atoms with E-state index in [1.54, 1.807) is 0 Å². The molecule has 2 N–H and O–H groups in total. The van der Waals surface area contributed by atoms with E-state index in [1.165, 1.54) is 25.7 Å². The molecule has 108 valence electrons. The maximum Gasteiger partial charge on any atom is 0.0835 e. The number of ether oxygens (including phenoxy) is 1. The molecule has 0 aromatic rings. The summed E-state index contributed by atoms with van der Waals surface area (Å²) in [6, 6.07) is 0.213. The highest BCUT2D eigenvalue weighted by atomic mass is 16.5. The van der Waals surface area contributed by atoms with Crippen molar-refractivity contribution in [2.24, 2.45) is 17.6 Å². The van der Waals surface area contributed by atoms with Crippen LogP contribution in [0.3, 0.4) is 0 Å². The molecule has 0 heterocycles. The molecule has 2 heteroatoms. The molecule has 1 fully saturated rings. The highest BCUT2D eigenvalue weighted by molar-refractivity contribution is 4.96. The summed E-state index contributed by atoms with van der Waals surface area (Å²) in [4.78, 5) is 0. The SMILES string of the molecule is CCOC1(C(N)CC(CC)CC)CCCC(C)C1.